The highest BCUT2D eigenvalue weighted by Gasteiger charge is 2.12. The molecule has 0 aliphatic heterocycles. The van der Waals surface area contributed by atoms with Crippen molar-refractivity contribution in [3.8, 4) is 0 Å². The van der Waals surface area contributed by atoms with Gasteiger partial charge in [0.25, 0.3) is 5.56 Å². The number of hydrogen-bond acceptors (Lipinski definition) is 6. The molecule has 3 rings (SSSR count). The van der Waals surface area contributed by atoms with Gasteiger partial charge in [0.05, 0.1) is 30.2 Å². The summed E-state index contributed by atoms with van der Waals surface area (Å²) in [6, 6.07) is 3.51. The van der Waals surface area contributed by atoms with E-state index in [1.807, 2.05) is 0 Å². The highest BCUT2D eigenvalue weighted by Crippen LogP contribution is 2.14. The third-order valence-electron chi connectivity index (χ3n) is 2.99. The Labute approximate surface area is 123 Å². The largest absolute Gasteiger partial charge is 0.467 e. The van der Waals surface area contributed by atoms with E-state index in [2.05, 4.69) is 14.7 Å². The van der Waals surface area contributed by atoms with Gasteiger partial charge in [-0.05, 0) is 30.6 Å². The Hall–Kier alpha value is -2.48. The van der Waals surface area contributed by atoms with E-state index in [1.165, 1.54) is 28.7 Å². The first-order chi connectivity index (χ1) is 10.1. The van der Waals surface area contributed by atoms with Crippen LogP contribution in [0.15, 0.2) is 33.9 Å². The van der Waals surface area contributed by atoms with Crippen molar-refractivity contribution < 1.29 is 9.21 Å². The summed E-state index contributed by atoms with van der Waals surface area (Å²) < 4.78 is 10.5. The average molecular weight is 304 g/mol. The third-order valence-corrected chi connectivity index (χ3v) is 3.84. The molecular formula is C13H12N4O3S. The van der Waals surface area contributed by atoms with E-state index in [1.54, 1.807) is 19.1 Å². The predicted molar refractivity (Wildman–Crippen MR) is 77.0 cm³/mol. The van der Waals surface area contributed by atoms with Crippen molar-refractivity contribution in [2.45, 2.75) is 20.0 Å². The van der Waals surface area contributed by atoms with Gasteiger partial charge in [-0.2, -0.15) is 4.37 Å². The molecule has 0 unspecified atom stereocenters. The molecule has 0 fully saturated rings. The standard InChI is InChI=1S/C13H12N4O3S/c1-8-11-12(21-16-8)15-7-17(13(11)19)6-10(18)14-5-9-3-2-4-20-9/h2-4,7H,5-6H2,1H3,(H,14,18). The monoisotopic (exact) mass is 304 g/mol. The second kappa shape index (κ2) is 5.49. The number of nitrogens with one attached hydrogen (secondary N) is 1. The van der Waals surface area contributed by atoms with Crippen LogP contribution >= 0.6 is 11.5 Å². The third kappa shape index (κ3) is 2.70. The summed E-state index contributed by atoms with van der Waals surface area (Å²) in [4.78, 5) is 28.9. The zero-order valence-corrected chi connectivity index (χ0v) is 12.0. The van der Waals surface area contributed by atoms with Crippen molar-refractivity contribution in [3.05, 3.63) is 46.5 Å². The van der Waals surface area contributed by atoms with Crippen LogP contribution < -0.4 is 10.9 Å². The Morgan fingerprint density at radius 1 is 1.52 bits per heavy atom. The highest BCUT2D eigenvalue weighted by atomic mass is 32.1. The van der Waals surface area contributed by atoms with E-state index in [4.69, 9.17) is 4.42 Å². The summed E-state index contributed by atoms with van der Waals surface area (Å²) in [6.07, 6.45) is 2.91. The predicted octanol–water partition coefficient (Wildman–Crippen LogP) is 1.07. The number of hydrogen-bond donors (Lipinski definition) is 1. The van der Waals surface area contributed by atoms with Gasteiger partial charge in [0.1, 0.15) is 12.3 Å². The van der Waals surface area contributed by atoms with E-state index in [0.29, 0.717) is 21.7 Å². The van der Waals surface area contributed by atoms with Crippen LogP contribution in [-0.2, 0) is 17.9 Å². The molecule has 3 heterocycles. The second-order valence-electron chi connectivity index (χ2n) is 4.48. The Kier molecular flexibility index (Phi) is 3.53. The van der Waals surface area contributed by atoms with E-state index in [0.717, 1.165) is 0 Å². The fourth-order valence-electron chi connectivity index (χ4n) is 1.93. The number of carbonyl (C=O) groups is 1. The van der Waals surface area contributed by atoms with Crippen LogP contribution in [-0.4, -0.2) is 19.8 Å². The lowest BCUT2D eigenvalue weighted by Gasteiger charge is -2.06. The van der Waals surface area contributed by atoms with Gasteiger partial charge in [-0.3, -0.25) is 14.2 Å². The molecule has 3 aromatic rings. The molecule has 21 heavy (non-hydrogen) atoms. The van der Waals surface area contributed by atoms with Crippen molar-refractivity contribution in [1.82, 2.24) is 19.2 Å². The topological polar surface area (TPSA) is 90.0 Å². The molecule has 0 aliphatic rings. The van der Waals surface area contributed by atoms with Crippen molar-refractivity contribution >= 4 is 27.7 Å². The Balaban J connectivity index is 1.75. The molecule has 0 aromatic carbocycles. The van der Waals surface area contributed by atoms with Crippen molar-refractivity contribution in [3.63, 3.8) is 0 Å². The molecule has 1 N–H and O–H groups in total. The molecule has 0 atom stereocenters. The van der Waals surface area contributed by atoms with Crippen LogP contribution in [0.5, 0.6) is 0 Å². The van der Waals surface area contributed by atoms with Gasteiger partial charge in [0, 0.05) is 0 Å². The minimum Gasteiger partial charge on any atom is -0.467 e. The molecule has 0 spiro atoms. The van der Waals surface area contributed by atoms with Gasteiger partial charge in [-0.15, -0.1) is 0 Å². The molecule has 8 heteroatoms. The summed E-state index contributed by atoms with van der Waals surface area (Å²) in [5, 5.41) is 3.16. The lowest BCUT2D eigenvalue weighted by atomic mass is 10.3. The quantitative estimate of drug-likeness (QED) is 0.778. The SMILES string of the molecule is Cc1nsc2ncn(CC(=O)NCc3ccco3)c(=O)c12. The van der Waals surface area contributed by atoms with Gasteiger partial charge in [0.2, 0.25) is 5.91 Å². The van der Waals surface area contributed by atoms with Crippen molar-refractivity contribution in [2.24, 2.45) is 0 Å². The molecule has 0 bridgehead atoms. The molecule has 0 aliphatic carbocycles. The van der Waals surface area contributed by atoms with Gasteiger partial charge in [0.15, 0.2) is 4.83 Å². The first kappa shape index (κ1) is 13.5. The van der Waals surface area contributed by atoms with Gasteiger partial charge >= 0.3 is 0 Å². The summed E-state index contributed by atoms with van der Waals surface area (Å²) in [5.41, 5.74) is 0.386. The lowest BCUT2D eigenvalue weighted by Crippen LogP contribution is -2.32. The number of carbonyl (C=O) groups excluding carboxylic acids is 1. The molecule has 108 valence electrons. The number of rotatable bonds is 4. The van der Waals surface area contributed by atoms with E-state index in [-0.39, 0.29) is 24.6 Å². The summed E-state index contributed by atoms with van der Waals surface area (Å²) in [7, 11) is 0. The van der Waals surface area contributed by atoms with Gasteiger partial charge in [-0.25, -0.2) is 4.98 Å². The number of furan rings is 1. The normalized spacial score (nSPS) is 10.9. The number of nitrogens with zero attached hydrogens (tertiary/aromatic N) is 3. The Morgan fingerprint density at radius 3 is 3.14 bits per heavy atom. The van der Waals surface area contributed by atoms with E-state index >= 15 is 0 Å². The number of fused-ring (bicyclic) bond motifs is 1. The minimum absolute atomic E-state index is 0.0855. The summed E-state index contributed by atoms with van der Waals surface area (Å²) in [5.74, 6) is 0.373. The summed E-state index contributed by atoms with van der Waals surface area (Å²) >= 11 is 1.18. The van der Waals surface area contributed by atoms with E-state index < -0.39 is 0 Å². The highest BCUT2D eigenvalue weighted by molar-refractivity contribution is 7.12. The molecule has 0 saturated heterocycles. The first-order valence-electron chi connectivity index (χ1n) is 6.25. The lowest BCUT2D eigenvalue weighted by molar-refractivity contribution is -0.121. The van der Waals surface area contributed by atoms with Crippen LogP contribution in [0, 0.1) is 6.92 Å². The zero-order valence-electron chi connectivity index (χ0n) is 11.2. The molecule has 0 saturated carbocycles. The molecule has 3 aromatic heterocycles. The van der Waals surface area contributed by atoms with Crippen LogP contribution in [0.3, 0.4) is 0 Å². The molecule has 0 radical (unpaired) electrons. The summed E-state index contributed by atoms with van der Waals surface area (Å²) in [6.45, 7) is 1.95. The molecular weight excluding hydrogens is 292 g/mol. The molecule has 1 amide bonds. The van der Waals surface area contributed by atoms with Gasteiger partial charge in [-0.1, -0.05) is 0 Å². The number of aromatic nitrogens is 3. The molecule has 7 nitrogen and oxygen atoms in total. The number of aryl methyl sites for hydroxylation is 1. The fourth-order valence-corrected chi connectivity index (χ4v) is 2.67. The Bertz CT molecular complexity index is 835. The van der Waals surface area contributed by atoms with Crippen molar-refractivity contribution in [2.75, 3.05) is 0 Å². The van der Waals surface area contributed by atoms with Crippen LogP contribution in [0.2, 0.25) is 0 Å². The maximum atomic E-state index is 12.3. The van der Waals surface area contributed by atoms with E-state index in [9.17, 15) is 9.59 Å². The zero-order chi connectivity index (χ0) is 14.8. The maximum absolute atomic E-state index is 12.3. The first-order valence-corrected chi connectivity index (χ1v) is 7.03. The fraction of sp³-hybridized carbons (Fsp3) is 0.231. The van der Waals surface area contributed by atoms with Crippen molar-refractivity contribution in [1.29, 1.82) is 0 Å². The van der Waals surface area contributed by atoms with Gasteiger partial charge < -0.3 is 9.73 Å². The average Bonchev–Trinajstić information content (AvgIpc) is 3.10. The Morgan fingerprint density at radius 2 is 2.38 bits per heavy atom. The smallest absolute Gasteiger partial charge is 0.264 e. The van der Waals surface area contributed by atoms with Crippen LogP contribution in [0.25, 0.3) is 10.2 Å². The maximum Gasteiger partial charge on any atom is 0.264 e. The second-order valence-corrected chi connectivity index (χ2v) is 5.23. The van der Waals surface area contributed by atoms with Crippen LogP contribution in [0.4, 0.5) is 0 Å². The minimum atomic E-state index is -0.282. The van der Waals surface area contributed by atoms with Crippen LogP contribution in [0.1, 0.15) is 11.5 Å². The number of amides is 1.